The van der Waals surface area contributed by atoms with E-state index in [4.69, 9.17) is 4.98 Å². The van der Waals surface area contributed by atoms with Crippen LogP contribution in [0.1, 0.15) is 45.5 Å². The molecule has 0 aromatic carbocycles. The van der Waals surface area contributed by atoms with Crippen LogP contribution in [-0.4, -0.2) is 4.98 Å². The molecule has 1 atom stereocenters. The molecule has 0 amide bonds. The molecule has 0 aliphatic carbocycles. The fourth-order valence-electron chi connectivity index (χ4n) is 1.68. The lowest BCUT2D eigenvalue weighted by atomic mass is 10.0. The van der Waals surface area contributed by atoms with Crippen LogP contribution in [0, 0.1) is 11.8 Å². The van der Waals surface area contributed by atoms with Gasteiger partial charge in [0.15, 0.2) is 0 Å². The summed E-state index contributed by atoms with van der Waals surface area (Å²) in [4.78, 5) is 4.70. The molecular weight excluding hydrogens is 182 g/mol. The largest absolute Gasteiger partial charge is 0.258 e. The summed E-state index contributed by atoms with van der Waals surface area (Å²) in [5.41, 5.74) is 2.49. The van der Waals surface area contributed by atoms with E-state index in [1.807, 2.05) is 0 Å². The van der Waals surface area contributed by atoms with E-state index in [1.165, 1.54) is 17.8 Å². The second-order valence-corrected chi connectivity index (χ2v) is 4.94. The number of hydrogen-bond acceptors (Lipinski definition) is 1. The van der Waals surface area contributed by atoms with E-state index in [0.29, 0.717) is 5.92 Å². The first-order valence-electron chi connectivity index (χ1n) is 6.06. The van der Waals surface area contributed by atoms with Gasteiger partial charge in [0.25, 0.3) is 0 Å². The molecule has 0 saturated heterocycles. The van der Waals surface area contributed by atoms with Gasteiger partial charge < -0.3 is 0 Å². The molecule has 1 unspecified atom stereocenters. The first-order valence-corrected chi connectivity index (χ1v) is 6.06. The summed E-state index contributed by atoms with van der Waals surface area (Å²) >= 11 is 0. The monoisotopic (exact) mass is 205 g/mol. The molecule has 15 heavy (non-hydrogen) atoms. The highest BCUT2D eigenvalue weighted by molar-refractivity contribution is 5.12. The van der Waals surface area contributed by atoms with Gasteiger partial charge in [0.1, 0.15) is 0 Å². The van der Waals surface area contributed by atoms with Crippen LogP contribution in [0.2, 0.25) is 0 Å². The van der Waals surface area contributed by atoms with Crippen LogP contribution < -0.4 is 0 Å². The summed E-state index contributed by atoms with van der Waals surface area (Å²) in [7, 11) is 0. The molecule has 1 heterocycles. The molecule has 1 heteroatoms. The number of hydrogen-bond donors (Lipinski definition) is 0. The quantitative estimate of drug-likeness (QED) is 0.711. The van der Waals surface area contributed by atoms with Gasteiger partial charge in [-0.05, 0) is 36.8 Å². The third-order valence-electron chi connectivity index (χ3n) is 2.74. The van der Waals surface area contributed by atoms with Gasteiger partial charge in [0.05, 0.1) is 0 Å². The zero-order valence-electron chi connectivity index (χ0n) is 10.5. The molecule has 0 spiro atoms. The second-order valence-electron chi connectivity index (χ2n) is 4.94. The van der Waals surface area contributed by atoms with Crippen molar-refractivity contribution in [2.75, 3.05) is 0 Å². The van der Waals surface area contributed by atoms with E-state index >= 15 is 0 Å². The van der Waals surface area contributed by atoms with Gasteiger partial charge in [-0.3, -0.25) is 4.98 Å². The highest BCUT2D eigenvalue weighted by atomic mass is 14.7. The van der Waals surface area contributed by atoms with Gasteiger partial charge in [-0.2, -0.15) is 0 Å². The standard InChI is InChI=1S/C14H23N/c1-5-12(4)10-14-8-6-7-13(15-14)9-11(2)3/h6-8,11-12H,5,9-10H2,1-4H3. The van der Waals surface area contributed by atoms with Crippen molar-refractivity contribution in [1.29, 1.82) is 0 Å². The van der Waals surface area contributed by atoms with Crippen molar-refractivity contribution in [3.63, 3.8) is 0 Å². The van der Waals surface area contributed by atoms with Crippen LogP contribution in [0.25, 0.3) is 0 Å². The lowest BCUT2D eigenvalue weighted by Crippen LogP contribution is -2.03. The topological polar surface area (TPSA) is 12.9 Å². The number of rotatable bonds is 5. The number of aromatic nitrogens is 1. The third kappa shape index (κ3) is 4.46. The Kier molecular flexibility index (Phi) is 4.80. The molecule has 1 aromatic rings. The van der Waals surface area contributed by atoms with E-state index < -0.39 is 0 Å². The van der Waals surface area contributed by atoms with Gasteiger partial charge in [0.2, 0.25) is 0 Å². The molecule has 0 N–H and O–H groups in total. The van der Waals surface area contributed by atoms with Crippen molar-refractivity contribution in [2.45, 2.75) is 47.0 Å². The van der Waals surface area contributed by atoms with Crippen LogP contribution >= 0.6 is 0 Å². The molecule has 0 bridgehead atoms. The Morgan fingerprint density at radius 2 is 1.67 bits per heavy atom. The third-order valence-corrected chi connectivity index (χ3v) is 2.74. The molecule has 0 radical (unpaired) electrons. The minimum Gasteiger partial charge on any atom is -0.258 e. The van der Waals surface area contributed by atoms with Crippen LogP contribution in [0.4, 0.5) is 0 Å². The van der Waals surface area contributed by atoms with Gasteiger partial charge in [-0.1, -0.05) is 40.2 Å². The molecule has 0 saturated carbocycles. The van der Waals surface area contributed by atoms with E-state index in [0.717, 1.165) is 18.8 Å². The van der Waals surface area contributed by atoms with Gasteiger partial charge >= 0.3 is 0 Å². The van der Waals surface area contributed by atoms with Crippen molar-refractivity contribution in [3.05, 3.63) is 29.6 Å². The van der Waals surface area contributed by atoms with Crippen molar-refractivity contribution >= 4 is 0 Å². The molecule has 0 aliphatic rings. The molecule has 84 valence electrons. The zero-order valence-corrected chi connectivity index (χ0v) is 10.5. The Morgan fingerprint density at radius 3 is 2.20 bits per heavy atom. The van der Waals surface area contributed by atoms with E-state index in [1.54, 1.807) is 0 Å². The van der Waals surface area contributed by atoms with Gasteiger partial charge in [-0.15, -0.1) is 0 Å². The summed E-state index contributed by atoms with van der Waals surface area (Å²) in [6, 6.07) is 6.43. The van der Waals surface area contributed by atoms with E-state index in [2.05, 4.69) is 45.9 Å². The predicted molar refractivity (Wildman–Crippen MR) is 65.9 cm³/mol. The fourth-order valence-corrected chi connectivity index (χ4v) is 1.68. The van der Waals surface area contributed by atoms with Gasteiger partial charge in [-0.25, -0.2) is 0 Å². The van der Waals surface area contributed by atoms with Crippen LogP contribution in [0.3, 0.4) is 0 Å². The molecule has 0 aliphatic heterocycles. The van der Waals surface area contributed by atoms with Crippen LogP contribution in [0.15, 0.2) is 18.2 Å². The normalized spacial score (nSPS) is 13.1. The molecule has 1 nitrogen and oxygen atoms in total. The van der Waals surface area contributed by atoms with Crippen LogP contribution in [-0.2, 0) is 12.8 Å². The van der Waals surface area contributed by atoms with Crippen LogP contribution in [0.5, 0.6) is 0 Å². The first-order chi connectivity index (χ1) is 7.11. The smallest absolute Gasteiger partial charge is 0.0409 e. The van der Waals surface area contributed by atoms with Crippen molar-refractivity contribution in [2.24, 2.45) is 11.8 Å². The Morgan fingerprint density at radius 1 is 1.07 bits per heavy atom. The van der Waals surface area contributed by atoms with Crippen molar-refractivity contribution in [1.82, 2.24) is 4.98 Å². The average Bonchev–Trinajstić information content (AvgIpc) is 2.17. The van der Waals surface area contributed by atoms with Crippen molar-refractivity contribution in [3.8, 4) is 0 Å². The second kappa shape index (κ2) is 5.89. The lowest BCUT2D eigenvalue weighted by molar-refractivity contribution is 0.549. The molecule has 1 aromatic heterocycles. The fraction of sp³-hybridized carbons (Fsp3) is 0.643. The zero-order chi connectivity index (χ0) is 11.3. The van der Waals surface area contributed by atoms with Gasteiger partial charge in [0, 0.05) is 11.4 Å². The highest BCUT2D eigenvalue weighted by Gasteiger charge is 2.04. The maximum atomic E-state index is 4.70. The lowest BCUT2D eigenvalue weighted by Gasteiger charge is -2.10. The maximum absolute atomic E-state index is 4.70. The first kappa shape index (κ1) is 12.2. The molecule has 0 fully saturated rings. The molecule has 1 rings (SSSR count). The maximum Gasteiger partial charge on any atom is 0.0409 e. The van der Waals surface area contributed by atoms with Crippen molar-refractivity contribution < 1.29 is 0 Å². The Hall–Kier alpha value is -0.850. The summed E-state index contributed by atoms with van der Waals surface area (Å²) in [6.45, 7) is 9.01. The minimum absolute atomic E-state index is 0.691. The number of pyridine rings is 1. The summed E-state index contributed by atoms with van der Waals surface area (Å²) < 4.78 is 0. The highest BCUT2D eigenvalue weighted by Crippen LogP contribution is 2.11. The summed E-state index contributed by atoms with van der Waals surface area (Å²) in [6.07, 6.45) is 3.44. The predicted octanol–water partition coefficient (Wildman–Crippen LogP) is 3.87. The number of nitrogens with zero attached hydrogens (tertiary/aromatic N) is 1. The molecular formula is C14H23N. The SMILES string of the molecule is CCC(C)Cc1cccc(CC(C)C)n1. The van der Waals surface area contributed by atoms with E-state index in [-0.39, 0.29) is 0 Å². The minimum atomic E-state index is 0.691. The average molecular weight is 205 g/mol. The van der Waals surface area contributed by atoms with E-state index in [9.17, 15) is 0 Å². The summed E-state index contributed by atoms with van der Waals surface area (Å²) in [5, 5.41) is 0. The Balaban J connectivity index is 2.65. The Labute approximate surface area is 93.9 Å². The Bertz CT molecular complexity index is 291. The summed E-state index contributed by atoms with van der Waals surface area (Å²) in [5.74, 6) is 1.43.